The smallest absolute Gasteiger partial charge is 0.282 e. The number of ether oxygens (including phenoxy) is 2. The Hall–Kier alpha value is -3.28. The van der Waals surface area contributed by atoms with Gasteiger partial charge in [-0.15, -0.1) is 0 Å². The van der Waals surface area contributed by atoms with Gasteiger partial charge in [0.15, 0.2) is 0 Å². The van der Waals surface area contributed by atoms with Crippen molar-refractivity contribution in [1.29, 1.82) is 0 Å². The fourth-order valence-corrected chi connectivity index (χ4v) is 4.09. The highest BCUT2D eigenvalue weighted by Gasteiger charge is 2.43. The van der Waals surface area contributed by atoms with Crippen LogP contribution in [0, 0.1) is 0 Å². The van der Waals surface area contributed by atoms with E-state index in [1.807, 2.05) is 43.3 Å². The normalized spacial score (nSPS) is 17.0. The summed E-state index contributed by atoms with van der Waals surface area (Å²) < 4.78 is 11.0. The minimum absolute atomic E-state index is 0.292. The summed E-state index contributed by atoms with van der Waals surface area (Å²) in [5, 5.41) is 0. The van der Waals surface area contributed by atoms with Crippen molar-refractivity contribution in [3.8, 4) is 11.5 Å². The van der Waals surface area contributed by atoms with Gasteiger partial charge in [0, 0.05) is 13.1 Å². The minimum Gasteiger partial charge on any atom is -0.497 e. The van der Waals surface area contributed by atoms with Gasteiger partial charge in [-0.05, 0) is 56.0 Å². The first-order valence-corrected chi connectivity index (χ1v) is 10.4. The lowest BCUT2D eigenvalue weighted by molar-refractivity contribution is -0.120. The predicted molar refractivity (Wildman–Crippen MR) is 115 cm³/mol. The zero-order valence-electron chi connectivity index (χ0n) is 17.4. The van der Waals surface area contributed by atoms with Gasteiger partial charge in [0.2, 0.25) is 0 Å². The summed E-state index contributed by atoms with van der Waals surface area (Å²) in [6, 6.07) is 14.5. The lowest BCUT2D eigenvalue weighted by Crippen LogP contribution is -2.37. The van der Waals surface area contributed by atoms with Crippen LogP contribution in [0.3, 0.4) is 0 Å². The number of rotatable bonds is 6. The van der Waals surface area contributed by atoms with Gasteiger partial charge in [-0.2, -0.15) is 0 Å². The zero-order chi connectivity index (χ0) is 21.1. The lowest BCUT2D eigenvalue weighted by Gasteiger charge is -2.29. The summed E-state index contributed by atoms with van der Waals surface area (Å²) in [6.45, 7) is 3.87. The fourth-order valence-electron chi connectivity index (χ4n) is 4.09. The van der Waals surface area contributed by atoms with Crippen LogP contribution in [0.1, 0.15) is 31.7 Å². The molecule has 2 aliphatic heterocycles. The highest BCUT2D eigenvalue weighted by atomic mass is 16.5. The molecule has 2 aromatic rings. The molecule has 156 valence electrons. The van der Waals surface area contributed by atoms with E-state index in [0.29, 0.717) is 40.6 Å². The maximum Gasteiger partial charge on any atom is 0.282 e. The van der Waals surface area contributed by atoms with Crippen molar-refractivity contribution >= 4 is 23.1 Å². The molecule has 0 spiro atoms. The van der Waals surface area contributed by atoms with Gasteiger partial charge in [0.05, 0.1) is 25.0 Å². The second kappa shape index (κ2) is 8.61. The van der Waals surface area contributed by atoms with Gasteiger partial charge in [0.1, 0.15) is 17.2 Å². The Morgan fingerprint density at radius 1 is 0.900 bits per heavy atom. The van der Waals surface area contributed by atoms with Crippen molar-refractivity contribution in [3.05, 3.63) is 59.8 Å². The second-order valence-corrected chi connectivity index (χ2v) is 7.35. The maximum absolute atomic E-state index is 13.6. The number of para-hydroxylation sites is 2. The Bertz CT molecular complexity index is 975. The van der Waals surface area contributed by atoms with Gasteiger partial charge in [-0.1, -0.05) is 24.3 Å². The number of nitrogens with zero attached hydrogens (tertiary/aromatic N) is 2. The Morgan fingerprint density at radius 3 is 2.27 bits per heavy atom. The van der Waals surface area contributed by atoms with Crippen LogP contribution in [0.5, 0.6) is 11.5 Å². The van der Waals surface area contributed by atoms with Crippen LogP contribution in [0.25, 0.3) is 5.57 Å². The largest absolute Gasteiger partial charge is 0.497 e. The molecule has 0 unspecified atom stereocenters. The molecule has 2 heterocycles. The molecular weight excluding hydrogens is 380 g/mol. The van der Waals surface area contributed by atoms with Crippen molar-refractivity contribution < 1.29 is 19.1 Å². The molecule has 2 amide bonds. The summed E-state index contributed by atoms with van der Waals surface area (Å²) in [4.78, 5) is 30.5. The minimum atomic E-state index is -0.321. The number of carbonyl (C=O) groups is 2. The molecule has 0 atom stereocenters. The molecule has 0 radical (unpaired) electrons. The number of hydrogen-bond donors (Lipinski definition) is 0. The first-order chi connectivity index (χ1) is 14.7. The number of anilines is 1. The van der Waals surface area contributed by atoms with Crippen LogP contribution in [0.15, 0.2) is 54.2 Å². The van der Waals surface area contributed by atoms with Crippen LogP contribution in [-0.2, 0) is 9.59 Å². The number of carbonyl (C=O) groups excluding carboxylic acids is 2. The number of benzene rings is 2. The molecule has 0 aliphatic carbocycles. The van der Waals surface area contributed by atoms with E-state index in [9.17, 15) is 9.59 Å². The predicted octanol–water partition coefficient (Wildman–Crippen LogP) is 3.86. The van der Waals surface area contributed by atoms with Crippen LogP contribution < -0.4 is 14.4 Å². The average Bonchev–Trinajstić information content (AvgIpc) is 3.05. The third kappa shape index (κ3) is 3.54. The molecule has 0 saturated carbocycles. The van der Waals surface area contributed by atoms with Gasteiger partial charge in [-0.3, -0.25) is 9.59 Å². The Morgan fingerprint density at radius 2 is 1.60 bits per heavy atom. The van der Waals surface area contributed by atoms with E-state index < -0.39 is 0 Å². The van der Waals surface area contributed by atoms with E-state index in [1.54, 1.807) is 19.2 Å². The number of methoxy groups -OCH3 is 1. The molecule has 6 heteroatoms. The van der Waals surface area contributed by atoms with E-state index in [4.69, 9.17) is 9.47 Å². The van der Waals surface area contributed by atoms with Crippen LogP contribution in [0.4, 0.5) is 5.69 Å². The number of hydrogen-bond acceptors (Lipinski definition) is 5. The molecule has 4 rings (SSSR count). The van der Waals surface area contributed by atoms with Crippen molar-refractivity contribution in [3.63, 3.8) is 0 Å². The van der Waals surface area contributed by atoms with Gasteiger partial charge >= 0.3 is 0 Å². The molecule has 0 bridgehead atoms. The Labute approximate surface area is 176 Å². The molecule has 1 fully saturated rings. The van der Waals surface area contributed by atoms with Crippen molar-refractivity contribution in [2.45, 2.75) is 26.2 Å². The van der Waals surface area contributed by atoms with E-state index in [2.05, 4.69) is 4.90 Å². The quantitative estimate of drug-likeness (QED) is 0.682. The van der Waals surface area contributed by atoms with E-state index in [-0.39, 0.29) is 11.8 Å². The number of amides is 2. The monoisotopic (exact) mass is 406 g/mol. The van der Waals surface area contributed by atoms with Crippen LogP contribution in [-0.4, -0.2) is 43.5 Å². The molecule has 6 nitrogen and oxygen atoms in total. The summed E-state index contributed by atoms with van der Waals surface area (Å²) in [6.07, 6.45) is 3.16. The highest BCUT2D eigenvalue weighted by Crippen LogP contribution is 2.39. The third-order valence-electron chi connectivity index (χ3n) is 5.52. The Balaban J connectivity index is 1.81. The van der Waals surface area contributed by atoms with Gasteiger partial charge in [-0.25, -0.2) is 4.90 Å². The number of likely N-dealkylation sites (tertiary alicyclic amines) is 1. The number of imide groups is 1. The van der Waals surface area contributed by atoms with Gasteiger partial charge in [0.25, 0.3) is 11.8 Å². The van der Waals surface area contributed by atoms with Gasteiger partial charge < -0.3 is 14.4 Å². The SMILES string of the molecule is CCOc1ccccc1N1C(=O)C(c2ccc(OC)cc2)=C(N2CCCCC2)C1=O. The fraction of sp³-hybridized carbons (Fsp3) is 0.333. The average molecular weight is 406 g/mol. The van der Waals surface area contributed by atoms with Crippen molar-refractivity contribution in [2.24, 2.45) is 0 Å². The van der Waals surface area contributed by atoms with Crippen LogP contribution in [0.2, 0.25) is 0 Å². The summed E-state index contributed by atoms with van der Waals surface area (Å²) >= 11 is 0. The third-order valence-corrected chi connectivity index (χ3v) is 5.52. The molecule has 2 aromatic carbocycles. The topological polar surface area (TPSA) is 59.1 Å². The molecule has 30 heavy (non-hydrogen) atoms. The summed E-state index contributed by atoms with van der Waals surface area (Å²) in [7, 11) is 1.60. The van der Waals surface area contributed by atoms with E-state index >= 15 is 0 Å². The van der Waals surface area contributed by atoms with Crippen LogP contribution >= 0.6 is 0 Å². The molecule has 2 aliphatic rings. The second-order valence-electron chi connectivity index (χ2n) is 7.35. The van der Waals surface area contributed by atoms with E-state index in [0.717, 1.165) is 32.4 Å². The highest BCUT2D eigenvalue weighted by molar-refractivity contribution is 6.45. The Kier molecular flexibility index (Phi) is 5.74. The van der Waals surface area contributed by atoms with Crippen molar-refractivity contribution in [2.75, 3.05) is 31.7 Å². The van der Waals surface area contributed by atoms with E-state index in [1.165, 1.54) is 4.90 Å². The molecule has 0 aromatic heterocycles. The van der Waals surface area contributed by atoms with Crippen molar-refractivity contribution in [1.82, 2.24) is 4.90 Å². The molecular formula is C24H26N2O4. The summed E-state index contributed by atoms with van der Waals surface area (Å²) in [5.41, 5.74) is 2.12. The number of piperidine rings is 1. The maximum atomic E-state index is 13.6. The molecule has 0 N–H and O–H groups in total. The summed E-state index contributed by atoms with van der Waals surface area (Å²) in [5.74, 6) is 0.614. The molecule has 1 saturated heterocycles. The lowest BCUT2D eigenvalue weighted by atomic mass is 10.0. The zero-order valence-corrected chi connectivity index (χ0v) is 17.4. The first-order valence-electron chi connectivity index (χ1n) is 10.4. The standard InChI is InChI=1S/C24H26N2O4/c1-3-30-20-10-6-5-9-19(20)26-23(27)21(17-11-13-18(29-2)14-12-17)22(24(26)28)25-15-7-4-8-16-25/h5-6,9-14H,3-4,7-8,15-16H2,1-2H3. The first kappa shape index (κ1) is 20.0.